The highest BCUT2D eigenvalue weighted by molar-refractivity contribution is 7.99. The predicted octanol–water partition coefficient (Wildman–Crippen LogP) is 3.81. The number of thioether (sulfide) groups is 1. The molecule has 2 aromatic heterocycles. The fourth-order valence-corrected chi connectivity index (χ4v) is 5.36. The highest BCUT2D eigenvalue weighted by Crippen LogP contribution is 2.29. The van der Waals surface area contributed by atoms with E-state index in [2.05, 4.69) is 57.9 Å². The van der Waals surface area contributed by atoms with E-state index in [1.807, 2.05) is 11.8 Å². The lowest BCUT2D eigenvalue weighted by Gasteiger charge is -2.30. The molecule has 0 spiro atoms. The lowest BCUT2D eigenvalue weighted by Crippen LogP contribution is -2.40. The number of nitrogens with one attached hydrogen (secondary N) is 1. The second-order valence-corrected chi connectivity index (χ2v) is 9.50. The number of carbonyl (C=O) groups excluding carboxylic acids is 1. The van der Waals surface area contributed by atoms with Gasteiger partial charge >= 0.3 is 0 Å². The Morgan fingerprint density at radius 2 is 1.86 bits per heavy atom. The van der Waals surface area contributed by atoms with Crippen LogP contribution in [-0.2, 0) is 4.79 Å². The first kappa shape index (κ1) is 21.2. The Balaban J connectivity index is 1.45. The van der Waals surface area contributed by atoms with E-state index in [9.17, 15) is 4.79 Å². The van der Waals surface area contributed by atoms with Crippen LogP contribution in [-0.4, -0.2) is 51.8 Å². The van der Waals surface area contributed by atoms with Crippen molar-refractivity contribution in [2.24, 2.45) is 5.92 Å². The van der Waals surface area contributed by atoms with E-state index in [4.69, 9.17) is 0 Å². The summed E-state index contributed by atoms with van der Waals surface area (Å²) in [6.07, 6.45) is 4.04. The molecule has 1 amide bonds. The molecule has 2 aromatic rings. The van der Waals surface area contributed by atoms with Gasteiger partial charge in [-0.1, -0.05) is 18.3 Å². The van der Waals surface area contributed by atoms with Crippen molar-refractivity contribution in [1.82, 2.24) is 20.1 Å². The lowest BCUT2D eigenvalue weighted by molar-refractivity contribution is -0.125. The van der Waals surface area contributed by atoms with Crippen molar-refractivity contribution in [3.05, 3.63) is 23.5 Å². The standard InChI is InChI=1S/C20H31N5OS2/c1-4-13-27-14-5-10-21-18(26)17-8-11-24(12-9-17)19-22-23-20(28-19)25-15(2)6-7-16(25)3/h6-7,17H,4-5,8-14H2,1-3H3,(H,21,26). The van der Waals surface area contributed by atoms with Crippen molar-refractivity contribution < 1.29 is 4.79 Å². The minimum absolute atomic E-state index is 0.126. The number of piperidine rings is 1. The fourth-order valence-electron chi connectivity index (χ4n) is 3.51. The van der Waals surface area contributed by atoms with Gasteiger partial charge in [0.1, 0.15) is 0 Å². The molecule has 0 radical (unpaired) electrons. The average Bonchev–Trinajstić information content (AvgIpc) is 3.31. The molecule has 1 aliphatic heterocycles. The topological polar surface area (TPSA) is 63.1 Å². The maximum Gasteiger partial charge on any atom is 0.223 e. The van der Waals surface area contributed by atoms with Gasteiger partial charge in [-0.05, 0) is 63.2 Å². The van der Waals surface area contributed by atoms with Crippen LogP contribution >= 0.6 is 23.1 Å². The van der Waals surface area contributed by atoms with Crippen molar-refractivity contribution in [3.8, 4) is 5.13 Å². The molecule has 28 heavy (non-hydrogen) atoms. The molecule has 1 aliphatic rings. The molecule has 154 valence electrons. The summed E-state index contributed by atoms with van der Waals surface area (Å²) < 4.78 is 2.14. The van der Waals surface area contributed by atoms with Crippen molar-refractivity contribution in [2.75, 3.05) is 36.0 Å². The zero-order valence-electron chi connectivity index (χ0n) is 17.1. The average molecular weight is 422 g/mol. The van der Waals surface area contributed by atoms with Gasteiger partial charge in [0.2, 0.25) is 16.2 Å². The van der Waals surface area contributed by atoms with Crippen molar-refractivity contribution in [3.63, 3.8) is 0 Å². The number of rotatable bonds is 9. The van der Waals surface area contributed by atoms with Crippen LogP contribution in [0.4, 0.5) is 5.13 Å². The fraction of sp³-hybridized carbons (Fsp3) is 0.650. The molecule has 3 rings (SSSR count). The smallest absolute Gasteiger partial charge is 0.223 e. The second-order valence-electron chi connectivity index (χ2n) is 7.34. The maximum absolute atomic E-state index is 12.4. The number of nitrogens with zero attached hydrogens (tertiary/aromatic N) is 4. The lowest BCUT2D eigenvalue weighted by atomic mass is 9.96. The first-order chi connectivity index (χ1) is 13.6. The van der Waals surface area contributed by atoms with Crippen molar-refractivity contribution in [2.45, 2.75) is 46.5 Å². The Labute approximate surface area is 176 Å². The minimum Gasteiger partial charge on any atom is -0.356 e. The Morgan fingerprint density at radius 3 is 2.54 bits per heavy atom. The van der Waals surface area contributed by atoms with Crippen LogP contribution in [0.3, 0.4) is 0 Å². The van der Waals surface area contributed by atoms with Crippen LogP contribution in [0.15, 0.2) is 12.1 Å². The van der Waals surface area contributed by atoms with Gasteiger partial charge in [-0.25, -0.2) is 0 Å². The molecular weight excluding hydrogens is 390 g/mol. The summed E-state index contributed by atoms with van der Waals surface area (Å²) in [7, 11) is 0. The molecule has 0 unspecified atom stereocenters. The van der Waals surface area contributed by atoms with Gasteiger partial charge in [0.15, 0.2) is 0 Å². The number of aromatic nitrogens is 3. The monoisotopic (exact) mass is 421 g/mol. The molecule has 0 bridgehead atoms. The van der Waals surface area contributed by atoms with Crippen LogP contribution in [0.1, 0.15) is 44.0 Å². The summed E-state index contributed by atoms with van der Waals surface area (Å²) in [5.41, 5.74) is 2.34. The maximum atomic E-state index is 12.4. The largest absolute Gasteiger partial charge is 0.356 e. The van der Waals surface area contributed by atoms with Crippen LogP contribution in [0.25, 0.3) is 5.13 Å². The number of hydrogen-bond acceptors (Lipinski definition) is 6. The summed E-state index contributed by atoms with van der Waals surface area (Å²) in [5.74, 6) is 2.69. The highest BCUT2D eigenvalue weighted by atomic mass is 32.2. The Kier molecular flexibility index (Phi) is 7.79. The van der Waals surface area contributed by atoms with E-state index in [-0.39, 0.29) is 11.8 Å². The van der Waals surface area contributed by atoms with Gasteiger partial charge in [0.25, 0.3) is 0 Å². The van der Waals surface area contributed by atoms with E-state index in [1.54, 1.807) is 11.3 Å². The zero-order valence-corrected chi connectivity index (χ0v) is 18.7. The predicted molar refractivity (Wildman–Crippen MR) is 119 cm³/mol. The molecule has 6 nitrogen and oxygen atoms in total. The third kappa shape index (κ3) is 5.29. The summed E-state index contributed by atoms with van der Waals surface area (Å²) in [6, 6.07) is 4.20. The molecule has 0 atom stereocenters. The van der Waals surface area contributed by atoms with Gasteiger partial charge in [-0.3, -0.25) is 9.36 Å². The summed E-state index contributed by atoms with van der Waals surface area (Å²) >= 11 is 3.59. The summed E-state index contributed by atoms with van der Waals surface area (Å²) in [6.45, 7) is 8.89. The quantitative estimate of drug-likeness (QED) is 0.624. The SMILES string of the molecule is CCCSCCCNC(=O)C1CCN(c2nnc(-n3c(C)ccc3C)s2)CC1. The Hall–Kier alpha value is -1.54. The van der Waals surface area contributed by atoms with E-state index >= 15 is 0 Å². The first-order valence-electron chi connectivity index (χ1n) is 10.2. The molecular formula is C20H31N5OS2. The molecule has 3 heterocycles. The van der Waals surface area contributed by atoms with Crippen molar-refractivity contribution >= 4 is 34.1 Å². The third-order valence-corrected chi connectivity index (χ3v) is 7.36. The number of anilines is 1. The number of aryl methyl sites for hydroxylation is 2. The van der Waals surface area contributed by atoms with Crippen LogP contribution in [0, 0.1) is 19.8 Å². The molecule has 8 heteroatoms. The molecule has 1 saturated heterocycles. The molecule has 1 fully saturated rings. The van der Waals surface area contributed by atoms with Crippen LogP contribution in [0.2, 0.25) is 0 Å². The van der Waals surface area contributed by atoms with Gasteiger partial charge < -0.3 is 10.2 Å². The summed E-state index contributed by atoms with van der Waals surface area (Å²) in [5, 5.41) is 13.8. The number of hydrogen-bond donors (Lipinski definition) is 1. The van der Waals surface area contributed by atoms with Gasteiger partial charge in [0, 0.05) is 36.9 Å². The zero-order chi connectivity index (χ0) is 19.9. The van der Waals surface area contributed by atoms with Crippen molar-refractivity contribution in [1.29, 1.82) is 0 Å². The van der Waals surface area contributed by atoms with Crippen LogP contribution in [0.5, 0.6) is 0 Å². The Bertz CT molecular complexity index is 745. The van der Waals surface area contributed by atoms with E-state index in [1.165, 1.54) is 23.6 Å². The molecule has 0 aromatic carbocycles. The number of amides is 1. The Morgan fingerprint density at radius 1 is 1.18 bits per heavy atom. The van der Waals surface area contributed by atoms with E-state index < -0.39 is 0 Å². The van der Waals surface area contributed by atoms with Crippen LogP contribution < -0.4 is 10.2 Å². The van der Waals surface area contributed by atoms with Gasteiger partial charge in [0.05, 0.1) is 0 Å². The normalized spacial score (nSPS) is 15.2. The molecule has 0 aliphatic carbocycles. The molecule has 1 N–H and O–H groups in total. The third-order valence-electron chi connectivity index (χ3n) is 5.12. The van der Waals surface area contributed by atoms with E-state index in [0.29, 0.717) is 0 Å². The molecule has 0 saturated carbocycles. The van der Waals surface area contributed by atoms with Gasteiger partial charge in [-0.2, -0.15) is 11.8 Å². The minimum atomic E-state index is 0.126. The highest BCUT2D eigenvalue weighted by Gasteiger charge is 2.26. The number of carbonyl (C=O) groups is 1. The van der Waals surface area contributed by atoms with E-state index in [0.717, 1.165) is 54.9 Å². The van der Waals surface area contributed by atoms with Gasteiger partial charge in [-0.15, -0.1) is 10.2 Å². The second kappa shape index (κ2) is 10.3. The first-order valence-corrected chi connectivity index (χ1v) is 12.2. The summed E-state index contributed by atoms with van der Waals surface area (Å²) in [4.78, 5) is 14.7.